The van der Waals surface area contributed by atoms with Gasteiger partial charge < -0.3 is 15.2 Å². The first-order chi connectivity index (χ1) is 8.26. The van der Waals surface area contributed by atoms with Crippen LogP contribution in [0.5, 0.6) is 5.75 Å². The minimum absolute atomic E-state index is 0.441. The lowest BCUT2D eigenvalue weighted by Gasteiger charge is -2.06. The molecule has 90 valence electrons. The van der Waals surface area contributed by atoms with Crippen molar-refractivity contribution in [3.05, 3.63) is 30.0 Å². The third-order valence-corrected chi connectivity index (χ3v) is 2.52. The van der Waals surface area contributed by atoms with Crippen LogP contribution in [0.15, 0.2) is 24.3 Å². The second-order valence-corrected chi connectivity index (χ2v) is 3.63. The van der Waals surface area contributed by atoms with E-state index in [0.29, 0.717) is 12.4 Å². The summed E-state index contributed by atoms with van der Waals surface area (Å²) in [6.45, 7) is 0.441. The summed E-state index contributed by atoms with van der Waals surface area (Å²) >= 11 is 0. The Morgan fingerprint density at radius 2 is 2.18 bits per heavy atom. The Kier molecular flexibility index (Phi) is 3.30. The molecule has 0 unspecified atom stereocenters. The molecule has 0 saturated carbocycles. The van der Waals surface area contributed by atoms with E-state index in [1.807, 2.05) is 24.3 Å². The summed E-state index contributed by atoms with van der Waals surface area (Å²) in [6, 6.07) is 7.68. The van der Waals surface area contributed by atoms with Gasteiger partial charge in [-0.1, -0.05) is 12.1 Å². The van der Waals surface area contributed by atoms with Gasteiger partial charge in [-0.25, -0.2) is 0 Å². The van der Waals surface area contributed by atoms with E-state index in [0.717, 1.165) is 22.6 Å². The number of methoxy groups -OCH3 is 2. The summed E-state index contributed by atoms with van der Waals surface area (Å²) in [5.74, 6) is 1.25. The Labute approximate surface area is 99.5 Å². The van der Waals surface area contributed by atoms with E-state index in [4.69, 9.17) is 15.2 Å². The number of nitrogen functional groups attached to an aromatic ring is 1. The number of hydrogen-bond donors (Lipinski definition) is 2. The minimum atomic E-state index is 0.441. The summed E-state index contributed by atoms with van der Waals surface area (Å²) in [6.07, 6.45) is 0. The van der Waals surface area contributed by atoms with Crippen molar-refractivity contribution in [2.75, 3.05) is 20.0 Å². The van der Waals surface area contributed by atoms with Gasteiger partial charge in [0.2, 0.25) is 0 Å². The van der Waals surface area contributed by atoms with E-state index < -0.39 is 0 Å². The van der Waals surface area contributed by atoms with Crippen molar-refractivity contribution >= 4 is 5.82 Å². The van der Waals surface area contributed by atoms with E-state index in [-0.39, 0.29) is 0 Å². The molecule has 3 N–H and O–H groups in total. The average Bonchev–Trinajstić information content (AvgIpc) is 2.71. The smallest absolute Gasteiger partial charge is 0.153 e. The zero-order valence-corrected chi connectivity index (χ0v) is 9.86. The van der Waals surface area contributed by atoms with Crippen LogP contribution in [0.4, 0.5) is 5.82 Å². The van der Waals surface area contributed by atoms with Crippen LogP contribution in [-0.4, -0.2) is 24.4 Å². The Morgan fingerprint density at radius 1 is 1.35 bits per heavy atom. The Balaban J connectivity index is 2.47. The molecule has 0 bridgehead atoms. The normalized spacial score (nSPS) is 10.5. The lowest BCUT2D eigenvalue weighted by atomic mass is 10.1. The van der Waals surface area contributed by atoms with Gasteiger partial charge in [-0.2, -0.15) is 5.10 Å². The van der Waals surface area contributed by atoms with Crippen LogP contribution >= 0.6 is 0 Å². The van der Waals surface area contributed by atoms with Crippen LogP contribution < -0.4 is 10.5 Å². The Hall–Kier alpha value is -2.01. The second kappa shape index (κ2) is 4.88. The predicted molar refractivity (Wildman–Crippen MR) is 65.7 cm³/mol. The van der Waals surface area contributed by atoms with Crippen molar-refractivity contribution in [2.24, 2.45) is 0 Å². The van der Waals surface area contributed by atoms with Gasteiger partial charge in [-0.15, -0.1) is 0 Å². The Morgan fingerprint density at radius 3 is 2.88 bits per heavy atom. The fourth-order valence-electron chi connectivity index (χ4n) is 1.74. The highest BCUT2D eigenvalue weighted by Crippen LogP contribution is 2.30. The number of anilines is 1. The molecule has 5 heteroatoms. The molecule has 5 nitrogen and oxygen atoms in total. The van der Waals surface area contributed by atoms with E-state index in [1.54, 1.807) is 14.2 Å². The number of aromatic amines is 1. The van der Waals surface area contributed by atoms with Crippen LogP contribution in [0.25, 0.3) is 11.1 Å². The minimum Gasteiger partial charge on any atom is -0.497 e. The number of aromatic nitrogens is 2. The van der Waals surface area contributed by atoms with Gasteiger partial charge in [-0.05, 0) is 17.7 Å². The molecule has 0 fully saturated rings. The molecule has 1 aromatic heterocycles. The Bertz CT molecular complexity index is 508. The van der Waals surface area contributed by atoms with Crippen LogP contribution in [0, 0.1) is 0 Å². The molecule has 0 saturated heterocycles. The van der Waals surface area contributed by atoms with Gasteiger partial charge in [0.1, 0.15) is 5.75 Å². The summed E-state index contributed by atoms with van der Waals surface area (Å²) in [5.41, 5.74) is 8.54. The van der Waals surface area contributed by atoms with Gasteiger partial charge in [0.05, 0.1) is 19.4 Å². The lowest BCUT2D eigenvalue weighted by Crippen LogP contribution is -1.93. The van der Waals surface area contributed by atoms with E-state index in [1.165, 1.54) is 0 Å². The third kappa shape index (κ3) is 2.24. The lowest BCUT2D eigenvalue weighted by molar-refractivity contribution is 0.182. The number of H-pyrrole nitrogens is 1. The van der Waals surface area contributed by atoms with Crippen LogP contribution in [-0.2, 0) is 11.3 Å². The topological polar surface area (TPSA) is 73.2 Å². The fraction of sp³-hybridized carbons (Fsp3) is 0.250. The first kappa shape index (κ1) is 11.5. The molecule has 1 heterocycles. The third-order valence-electron chi connectivity index (χ3n) is 2.52. The maximum Gasteiger partial charge on any atom is 0.153 e. The molecule has 0 radical (unpaired) electrons. The zero-order chi connectivity index (χ0) is 12.3. The maximum absolute atomic E-state index is 5.86. The molecule has 17 heavy (non-hydrogen) atoms. The molecule has 0 amide bonds. The highest BCUT2D eigenvalue weighted by atomic mass is 16.5. The molecule has 0 spiro atoms. The number of nitrogens with two attached hydrogens (primary N) is 1. The van der Waals surface area contributed by atoms with Gasteiger partial charge in [0, 0.05) is 12.7 Å². The number of hydrogen-bond acceptors (Lipinski definition) is 4. The van der Waals surface area contributed by atoms with Gasteiger partial charge in [0.15, 0.2) is 5.82 Å². The number of nitrogens with one attached hydrogen (secondary N) is 1. The summed E-state index contributed by atoms with van der Waals surface area (Å²) < 4.78 is 10.3. The number of benzene rings is 1. The standard InChI is InChI=1S/C12H15N3O2/c1-16-7-10-11(12(13)15-14-10)8-4-3-5-9(6-8)17-2/h3-6H,7H2,1-2H3,(H3,13,14,15). The van der Waals surface area contributed by atoms with E-state index in [9.17, 15) is 0 Å². The molecular formula is C12H15N3O2. The second-order valence-electron chi connectivity index (χ2n) is 3.63. The monoisotopic (exact) mass is 233 g/mol. The summed E-state index contributed by atoms with van der Waals surface area (Å²) in [7, 11) is 3.26. The van der Waals surface area contributed by atoms with Gasteiger partial charge in [0.25, 0.3) is 0 Å². The fourth-order valence-corrected chi connectivity index (χ4v) is 1.74. The largest absolute Gasteiger partial charge is 0.497 e. The highest BCUT2D eigenvalue weighted by Gasteiger charge is 2.13. The van der Waals surface area contributed by atoms with Crippen molar-refractivity contribution < 1.29 is 9.47 Å². The first-order valence-corrected chi connectivity index (χ1v) is 5.22. The molecule has 0 atom stereocenters. The van der Waals surface area contributed by atoms with E-state index >= 15 is 0 Å². The van der Waals surface area contributed by atoms with Gasteiger partial charge in [-0.3, -0.25) is 5.10 Å². The van der Waals surface area contributed by atoms with Crippen molar-refractivity contribution in [1.29, 1.82) is 0 Å². The van der Waals surface area contributed by atoms with Crippen molar-refractivity contribution in [2.45, 2.75) is 6.61 Å². The molecule has 0 aliphatic heterocycles. The molecule has 2 aromatic rings. The molecule has 0 aliphatic carbocycles. The predicted octanol–water partition coefficient (Wildman–Crippen LogP) is 1.81. The van der Waals surface area contributed by atoms with Crippen molar-refractivity contribution in [1.82, 2.24) is 10.2 Å². The molecule has 0 aliphatic rings. The summed E-state index contributed by atoms with van der Waals surface area (Å²) in [5, 5.41) is 6.87. The molecule has 1 aromatic carbocycles. The zero-order valence-electron chi connectivity index (χ0n) is 9.86. The molecule has 2 rings (SSSR count). The van der Waals surface area contributed by atoms with Crippen LogP contribution in [0.1, 0.15) is 5.69 Å². The van der Waals surface area contributed by atoms with Crippen molar-refractivity contribution in [3.8, 4) is 16.9 Å². The number of ether oxygens (including phenoxy) is 2. The summed E-state index contributed by atoms with van der Waals surface area (Å²) in [4.78, 5) is 0. The van der Waals surface area contributed by atoms with Gasteiger partial charge >= 0.3 is 0 Å². The van der Waals surface area contributed by atoms with E-state index in [2.05, 4.69) is 10.2 Å². The quantitative estimate of drug-likeness (QED) is 0.844. The van der Waals surface area contributed by atoms with Crippen LogP contribution in [0.2, 0.25) is 0 Å². The first-order valence-electron chi connectivity index (χ1n) is 5.22. The SMILES string of the molecule is COCc1[nH]nc(N)c1-c1cccc(OC)c1. The van der Waals surface area contributed by atoms with Crippen LogP contribution in [0.3, 0.4) is 0 Å². The number of nitrogens with zero attached hydrogens (tertiary/aromatic N) is 1. The average molecular weight is 233 g/mol. The highest BCUT2D eigenvalue weighted by molar-refractivity contribution is 5.76. The number of rotatable bonds is 4. The molecular weight excluding hydrogens is 218 g/mol. The maximum atomic E-state index is 5.86. The van der Waals surface area contributed by atoms with Crippen molar-refractivity contribution in [3.63, 3.8) is 0 Å².